The van der Waals surface area contributed by atoms with Gasteiger partial charge in [0.1, 0.15) is 6.61 Å². The number of ether oxygens (including phenoxy) is 3. The third-order valence-electron chi connectivity index (χ3n) is 9.03. The lowest BCUT2D eigenvalue weighted by atomic mass is 9.80. The zero-order valence-electron chi connectivity index (χ0n) is 22.7. The molecule has 7 nitrogen and oxygen atoms in total. The molecule has 7 heteroatoms. The molecule has 2 spiro atoms. The number of allylic oxidation sites excluding steroid dienone is 1. The summed E-state index contributed by atoms with van der Waals surface area (Å²) < 4.78 is 21.8. The van der Waals surface area contributed by atoms with Gasteiger partial charge in [-0.05, 0) is 57.1 Å². The molecule has 2 fully saturated rings. The maximum Gasteiger partial charge on any atom is 0.350 e. The molecule has 0 amide bonds. The van der Waals surface area contributed by atoms with Crippen molar-refractivity contribution >= 4 is 18.0 Å². The van der Waals surface area contributed by atoms with E-state index in [4.69, 9.17) is 14.2 Å². The van der Waals surface area contributed by atoms with Crippen molar-refractivity contribution < 1.29 is 23.6 Å². The Morgan fingerprint density at radius 3 is 2.79 bits per heavy atom. The zero-order chi connectivity index (χ0) is 26.2. The van der Waals surface area contributed by atoms with Crippen LogP contribution in [-0.4, -0.2) is 58.9 Å². The molecule has 212 valence electrons. The van der Waals surface area contributed by atoms with Crippen LogP contribution in [0, 0.1) is 5.92 Å². The second-order valence-corrected chi connectivity index (χ2v) is 11.7. The SMILES string of the molecule is C.CC[C@H]1C=CCC[C@@]2(C[C@@H]3CC[C@@H]4[C@H](C(=O)OC/C=C/c5ccccc5)[C@]5(CCC[C@@H](C)O5)NC(=[N+]34)N2)O1. The van der Waals surface area contributed by atoms with E-state index in [1.54, 1.807) is 0 Å². The number of benzene rings is 1. The van der Waals surface area contributed by atoms with E-state index in [9.17, 15) is 4.79 Å². The maximum absolute atomic E-state index is 13.8. The number of hydrogen-bond acceptors (Lipinski definition) is 6. The Labute approximate surface area is 233 Å². The summed E-state index contributed by atoms with van der Waals surface area (Å²) in [6.07, 6.45) is 17.2. The fraction of sp³-hybridized carbons (Fsp3) is 0.625. The summed E-state index contributed by atoms with van der Waals surface area (Å²) in [5, 5.41) is 7.58. The standard InChI is InChI=1S/C31H41N3O4.CH4/c1-3-25-15-7-8-18-30(38-25)21-24-16-17-26-27(28(35)36-20-10-14-23-12-5-4-6-13-23)31(19-9-11-22(2)37-31)33-29(32-30)34(24)26;/h4-7,10,12-15,22,24-27H,3,8-9,11,16-21H2,1-2H3,(H,32,33);1H4/p+1/b14-10+;/t22-,24+,25+,26-,27-,30+,31-;/m1./s1. The van der Waals surface area contributed by atoms with E-state index in [2.05, 4.69) is 41.2 Å². The fourth-order valence-electron chi connectivity index (χ4n) is 7.36. The van der Waals surface area contributed by atoms with E-state index < -0.39 is 11.4 Å². The first-order valence-corrected chi connectivity index (χ1v) is 14.6. The molecule has 5 aliphatic rings. The molecule has 2 N–H and O–H groups in total. The van der Waals surface area contributed by atoms with Gasteiger partial charge in [0, 0.05) is 19.3 Å². The Morgan fingerprint density at radius 1 is 1.15 bits per heavy atom. The molecule has 1 aromatic carbocycles. The zero-order valence-corrected chi connectivity index (χ0v) is 22.7. The van der Waals surface area contributed by atoms with Gasteiger partial charge in [0.05, 0.1) is 24.3 Å². The van der Waals surface area contributed by atoms with E-state index in [0.29, 0.717) is 6.04 Å². The molecule has 0 aromatic heterocycles. The monoisotopic (exact) mass is 536 g/mol. The largest absolute Gasteiger partial charge is 0.461 e. The molecule has 1 aromatic rings. The van der Waals surface area contributed by atoms with E-state index >= 15 is 0 Å². The Kier molecular flexibility index (Phi) is 8.20. The van der Waals surface area contributed by atoms with Crippen LogP contribution in [0.4, 0.5) is 0 Å². The Hall–Kier alpha value is -2.64. The van der Waals surface area contributed by atoms with Crippen molar-refractivity contribution in [3.8, 4) is 0 Å². The van der Waals surface area contributed by atoms with Crippen molar-refractivity contribution in [2.24, 2.45) is 5.92 Å². The van der Waals surface area contributed by atoms with Crippen LogP contribution in [0.2, 0.25) is 0 Å². The van der Waals surface area contributed by atoms with Crippen LogP contribution >= 0.6 is 0 Å². The summed E-state index contributed by atoms with van der Waals surface area (Å²) in [7, 11) is 0. The van der Waals surface area contributed by atoms with E-state index in [1.165, 1.54) is 0 Å². The van der Waals surface area contributed by atoms with Crippen molar-refractivity contribution in [3.05, 3.63) is 54.1 Å². The van der Waals surface area contributed by atoms with Crippen molar-refractivity contribution in [1.29, 1.82) is 0 Å². The number of esters is 1. The van der Waals surface area contributed by atoms with Gasteiger partial charge in [0.25, 0.3) is 0 Å². The highest BCUT2D eigenvalue weighted by atomic mass is 16.6. The van der Waals surface area contributed by atoms with Gasteiger partial charge < -0.3 is 14.2 Å². The first-order valence-electron chi connectivity index (χ1n) is 14.6. The number of nitrogens with zero attached hydrogens (tertiary/aromatic N) is 1. The number of guanidine groups is 1. The fourth-order valence-corrected chi connectivity index (χ4v) is 7.36. The summed E-state index contributed by atoms with van der Waals surface area (Å²) >= 11 is 0. The van der Waals surface area contributed by atoms with Crippen LogP contribution < -0.4 is 10.6 Å². The molecule has 39 heavy (non-hydrogen) atoms. The van der Waals surface area contributed by atoms with Crippen molar-refractivity contribution in [2.75, 3.05) is 6.61 Å². The molecule has 2 saturated heterocycles. The van der Waals surface area contributed by atoms with Gasteiger partial charge >= 0.3 is 11.9 Å². The lowest BCUT2D eigenvalue weighted by Gasteiger charge is -2.50. The molecular weight excluding hydrogens is 490 g/mol. The lowest BCUT2D eigenvalue weighted by molar-refractivity contribution is -0.609. The van der Waals surface area contributed by atoms with Gasteiger partial charge in [-0.2, -0.15) is 0 Å². The second kappa shape index (κ2) is 11.5. The topological polar surface area (TPSA) is 71.8 Å². The molecule has 0 unspecified atom stereocenters. The minimum absolute atomic E-state index is 0. The third-order valence-corrected chi connectivity index (χ3v) is 9.03. The number of carbonyl (C=O) groups excluding carboxylic acids is 1. The highest BCUT2D eigenvalue weighted by molar-refractivity contribution is 5.82. The van der Waals surface area contributed by atoms with E-state index in [-0.39, 0.29) is 44.2 Å². The highest BCUT2D eigenvalue weighted by Gasteiger charge is 2.64. The van der Waals surface area contributed by atoms with Crippen LogP contribution in [0.25, 0.3) is 6.08 Å². The molecule has 5 aliphatic heterocycles. The normalized spacial score (nSPS) is 37.1. The molecule has 0 aliphatic carbocycles. The number of rotatable bonds is 5. The molecule has 0 radical (unpaired) electrons. The molecule has 0 saturated carbocycles. The molecule has 5 heterocycles. The second-order valence-electron chi connectivity index (χ2n) is 11.7. The molecular formula is C32H46N3O4+. The van der Waals surface area contributed by atoms with Gasteiger partial charge in [0.2, 0.25) is 5.72 Å². The van der Waals surface area contributed by atoms with Gasteiger partial charge in [-0.25, -0.2) is 10.6 Å². The molecule has 7 atom stereocenters. The van der Waals surface area contributed by atoms with Crippen LogP contribution in [0.1, 0.15) is 84.6 Å². The van der Waals surface area contributed by atoms with Crippen molar-refractivity contribution in [3.63, 3.8) is 0 Å². The number of hydrogen-bond donors (Lipinski definition) is 2. The van der Waals surface area contributed by atoms with Gasteiger partial charge in [-0.15, -0.1) is 0 Å². The van der Waals surface area contributed by atoms with Crippen LogP contribution in [0.5, 0.6) is 0 Å². The van der Waals surface area contributed by atoms with Gasteiger partial charge in [0.15, 0.2) is 11.6 Å². The molecule has 6 rings (SSSR count). The average molecular weight is 537 g/mol. The number of nitrogens with one attached hydrogen (secondary N) is 2. The minimum Gasteiger partial charge on any atom is -0.461 e. The predicted octanol–water partition coefficient (Wildman–Crippen LogP) is 5.12. The summed E-state index contributed by atoms with van der Waals surface area (Å²) in [6.45, 7) is 4.55. The van der Waals surface area contributed by atoms with Crippen LogP contribution in [0.3, 0.4) is 0 Å². The summed E-state index contributed by atoms with van der Waals surface area (Å²) in [5.41, 5.74) is -0.0853. The summed E-state index contributed by atoms with van der Waals surface area (Å²) in [6, 6.07) is 10.5. The van der Waals surface area contributed by atoms with E-state index in [0.717, 1.165) is 69.3 Å². The predicted molar refractivity (Wildman–Crippen MR) is 153 cm³/mol. The smallest absolute Gasteiger partial charge is 0.350 e. The van der Waals surface area contributed by atoms with Crippen LogP contribution in [-0.2, 0) is 19.0 Å². The minimum atomic E-state index is -0.776. The summed E-state index contributed by atoms with van der Waals surface area (Å²) in [4.78, 5) is 13.8. The maximum atomic E-state index is 13.8. The van der Waals surface area contributed by atoms with Gasteiger partial charge in [-0.1, -0.05) is 62.9 Å². The lowest BCUT2D eigenvalue weighted by Crippen LogP contribution is -2.76. The quantitative estimate of drug-likeness (QED) is 0.309. The van der Waals surface area contributed by atoms with Gasteiger partial charge in [-0.3, -0.25) is 9.37 Å². The van der Waals surface area contributed by atoms with Crippen molar-refractivity contribution in [1.82, 2.24) is 10.6 Å². The Morgan fingerprint density at radius 2 is 2.00 bits per heavy atom. The van der Waals surface area contributed by atoms with E-state index in [1.807, 2.05) is 42.5 Å². The Balaban J connectivity index is 0.00000308. The first-order chi connectivity index (χ1) is 18.5. The Bertz CT molecular complexity index is 1120. The van der Waals surface area contributed by atoms with Crippen molar-refractivity contribution in [2.45, 2.75) is 115 Å². The van der Waals surface area contributed by atoms with Crippen LogP contribution in [0.15, 0.2) is 48.6 Å². The average Bonchev–Trinajstić information content (AvgIpc) is 3.21. The first kappa shape index (κ1) is 27.9. The third kappa shape index (κ3) is 5.40. The highest BCUT2D eigenvalue weighted by Crippen LogP contribution is 2.45. The molecule has 0 bridgehead atoms. The summed E-state index contributed by atoms with van der Waals surface area (Å²) in [5.74, 6) is 0.415. The number of carbonyl (C=O) groups is 1.